The van der Waals surface area contributed by atoms with E-state index in [1.807, 2.05) is 32.9 Å². The predicted octanol–water partition coefficient (Wildman–Crippen LogP) is 5.19. The fourth-order valence-electron chi connectivity index (χ4n) is 1.81. The van der Waals surface area contributed by atoms with Crippen molar-refractivity contribution in [1.82, 2.24) is 4.98 Å². The normalized spacial score (nSPS) is 10.6. The van der Waals surface area contributed by atoms with Gasteiger partial charge in [-0.05, 0) is 37.5 Å². The summed E-state index contributed by atoms with van der Waals surface area (Å²) in [5.74, 6) is -0.167. The lowest BCUT2D eigenvalue weighted by Gasteiger charge is -2.13. The lowest BCUT2D eigenvalue weighted by atomic mass is 10.1. The SMILES string of the molecule is Cc1ccc(C)c(OC(=O)c2ncc(Cl)c(Cl)c2Cl)c1C. The minimum Gasteiger partial charge on any atom is -0.421 e. The molecule has 0 unspecified atom stereocenters. The van der Waals surface area contributed by atoms with Gasteiger partial charge in [-0.1, -0.05) is 46.9 Å². The molecule has 1 aromatic carbocycles. The Morgan fingerprint density at radius 1 is 1.05 bits per heavy atom. The molecule has 1 aromatic heterocycles. The maximum Gasteiger partial charge on any atom is 0.363 e. The summed E-state index contributed by atoms with van der Waals surface area (Å²) in [5, 5.41) is 0.247. The van der Waals surface area contributed by atoms with Crippen molar-refractivity contribution >= 4 is 40.8 Å². The van der Waals surface area contributed by atoms with Gasteiger partial charge >= 0.3 is 5.97 Å². The van der Waals surface area contributed by atoms with Gasteiger partial charge in [0.2, 0.25) is 0 Å². The lowest BCUT2D eigenvalue weighted by Crippen LogP contribution is -2.13. The Morgan fingerprint density at radius 2 is 1.67 bits per heavy atom. The molecule has 0 aliphatic rings. The molecule has 0 radical (unpaired) electrons. The van der Waals surface area contributed by atoms with Crippen LogP contribution in [0.1, 0.15) is 27.2 Å². The first-order chi connectivity index (χ1) is 9.82. The number of nitrogens with zero attached hydrogens (tertiary/aromatic N) is 1. The number of halogens is 3. The fraction of sp³-hybridized carbons (Fsp3) is 0.200. The second-order valence-corrected chi connectivity index (χ2v) is 5.79. The third-order valence-corrected chi connectivity index (χ3v) is 4.42. The number of aryl methyl sites for hydroxylation is 2. The van der Waals surface area contributed by atoms with E-state index in [-0.39, 0.29) is 20.8 Å². The van der Waals surface area contributed by atoms with Crippen molar-refractivity contribution in [3.05, 3.63) is 55.8 Å². The number of carbonyl (C=O) groups excluding carboxylic acids is 1. The Hall–Kier alpha value is -1.29. The van der Waals surface area contributed by atoms with Crippen LogP contribution in [-0.4, -0.2) is 11.0 Å². The van der Waals surface area contributed by atoms with E-state index in [0.717, 1.165) is 16.7 Å². The molecule has 0 amide bonds. The van der Waals surface area contributed by atoms with E-state index < -0.39 is 5.97 Å². The van der Waals surface area contributed by atoms with Gasteiger partial charge in [-0.25, -0.2) is 9.78 Å². The molecule has 3 nitrogen and oxygen atoms in total. The van der Waals surface area contributed by atoms with E-state index in [0.29, 0.717) is 5.75 Å². The van der Waals surface area contributed by atoms with E-state index in [1.165, 1.54) is 6.20 Å². The number of hydrogen-bond donors (Lipinski definition) is 0. The molecule has 0 saturated carbocycles. The molecule has 21 heavy (non-hydrogen) atoms. The Morgan fingerprint density at radius 3 is 2.33 bits per heavy atom. The average Bonchev–Trinajstić information content (AvgIpc) is 2.45. The van der Waals surface area contributed by atoms with Crippen molar-refractivity contribution in [3.63, 3.8) is 0 Å². The lowest BCUT2D eigenvalue weighted by molar-refractivity contribution is 0.0726. The molecular weight excluding hydrogens is 333 g/mol. The molecule has 0 fully saturated rings. The summed E-state index contributed by atoms with van der Waals surface area (Å²) >= 11 is 17.7. The summed E-state index contributed by atoms with van der Waals surface area (Å²) in [4.78, 5) is 16.1. The minimum atomic E-state index is -0.671. The van der Waals surface area contributed by atoms with Gasteiger partial charge in [0.1, 0.15) is 5.75 Å². The maximum atomic E-state index is 12.2. The second kappa shape index (κ2) is 6.22. The van der Waals surface area contributed by atoms with Crippen molar-refractivity contribution in [2.75, 3.05) is 0 Å². The molecule has 0 atom stereocenters. The molecule has 110 valence electrons. The number of ether oxygens (including phenoxy) is 1. The Kier molecular flexibility index (Phi) is 4.77. The molecule has 2 aromatic rings. The van der Waals surface area contributed by atoms with E-state index in [2.05, 4.69) is 4.98 Å². The zero-order chi connectivity index (χ0) is 15.7. The first kappa shape index (κ1) is 16.1. The summed E-state index contributed by atoms with van der Waals surface area (Å²) < 4.78 is 5.43. The van der Waals surface area contributed by atoms with E-state index >= 15 is 0 Å². The van der Waals surface area contributed by atoms with Gasteiger partial charge in [-0.3, -0.25) is 0 Å². The first-order valence-electron chi connectivity index (χ1n) is 6.11. The topological polar surface area (TPSA) is 39.2 Å². The minimum absolute atomic E-state index is 0.0166. The predicted molar refractivity (Wildman–Crippen MR) is 84.9 cm³/mol. The molecule has 0 aliphatic heterocycles. The highest BCUT2D eigenvalue weighted by atomic mass is 35.5. The zero-order valence-corrected chi connectivity index (χ0v) is 13.9. The van der Waals surface area contributed by atoms with Crippen molar-refractivity contribution in [3.8, 4) is 5.75 Å². The van der Waals surface area contributed by atoms with Crippen LogP contribution in [0, 0.1) is 20.8 Å². The van der Waals surface area contributed by atoms with Crippen molar-refractivity contribution in [2.24, 2.45) is 0 Å². The summed E-state index contributed by atoms with van der Waals surface area (Å²) in [6.07, 6.45) is 1.27. The van der Waals surface area contributed by atoms with E-state index in [9.17, 15) is 4.79 Å². The molecule has 0 saturated heterocycles. The standard InChI is InChI=1S/C15H12Cl3NO2/c1-7-4-5-8(2)14(9(7)3)21-15(20)13-12(18)11(17)10(16)6-19-13/h4-6H,1-3H3. The fourth-order valence-corrected chi connectivity index (χ4v) is 2.37. The smallest absolute Gasteiger partial charge is 0.363 e. The number of rotatable bonds is 2. The van der Waals surface area contributed by atoms with Crippen LogP contribution in [0.4, 0.5) is 0 Å². The maximum absolute atomic E-state index is 12.2. The van der Waals surface area contributed by atoms with Crippen LogP contribution in [0.15, 0.2) is 18.3 Å². The highest BCUT2D eigenvalue weighted by molar-refractivity contribution is 6.48. The molecule has 1 heterocycles. The van der Waals surface area contributed by atoms with Crippen LogP contribution in [0.3, 0.4) is 0 Å². The zero-order valence-electron chi connectivity index (χ0n) is 11.6. The number of benzene rings is 1. The quantitative estimate of drug-likeness (QED) is 0.556. The molecule has 0 aliphatic carbocycles. The van der Waals surface area contributed by atoms with Crippen LogP contribution >= 0.6 is 34.8 Å². The van der Waals surface area contributed by atoms with Gasteiger partial charge in [-0.15, -0.1) is 0 Å². The van der Waals surface area contributed by atoms with Crippen molar-refractivity contribution < 1.29 is 9.53 Å². The molecule has 0 spiro atoms. The van der Waals surface area contributed by atoms with Crippen molar-refractivity contribution in [1.29, 1.82) is 0 Å². The summed E-state index contributed by atoms with van der Waals surface area (Å²) in [6.45, 7) is 5.68. The molecule has 2 rings (SSSR count). The van der Waals surface area contributed by atoms with Gasteiger partial charge in [-0.2, -0.15) is 0 Å². The Balaban J connectivity index is 2.40. The summed E-state index contributed by atoms with van der Waals surface area (Å²) in [6, 6.07) is 3.85. The number of carbonyl (C=O) groups is 1. The van der Waals surface area contributed by atoms with Gasteiger partial charge in [0.15, 0.2) is 5.69 Å². The van der Waals surface area contributed by atoms with Gasteiger partial charge < -0.3 is 4.74 Å². The third kappa shape index (κ3) is 3.15. The van der Waals surface area contributed by atoms with Crippen LogP contribution < -0.4 is 4.74 Å². The average molecular weight is 345 g/mol. The Labute approximate surface area is 137 Å². The number of aromatic nitrogens is 1. The van der Waals surface area contributed by atoms with Crippen LogP contribution in [-0.2, 0) is 0 Å². The van der Waals surface area contributed by atoms with Crippen LogP contribution in [0.5, 0.6) is 5.75 Å². The Bertz CT molecular complexity index is 729. The molecule has 0 N–H and O–H groups in total. The molecular formula is C15H12Cl3NO2. The first-order valence-corrected chi connectivity index (χ1v) is 7.24. The monoisotopic (exact) mass is 343 g/mol. The van der Waals surface area contributed by atoms with Gasteiger partial charge in [0.05, 0.1) is 15.1 Å². The van der Waals surface area contributed by atoms with E-state index in [1.54, 1.807) is 0 Å². The molecule has 0 bridgehead atoms. The summed E-state index contributed by atoms with van der Waals surface area (Å²) in [5.41, 5.74) is 2.70. The highest BCUT2D eigenvalue weighted by Gasteiger charge is 2.20. The van der Waals surface area contributed by atoms with Crippen LogP contribution in [0.2, 0.25) is 15.1 Å². The molecule has 6 heteroatoms. The largest absolute Gasteiger partial charge is 0.421 e. The highest BCUT2D eigenvalue weighted by Crippen LogP contribution is 2.32. The van der Waals surface area contributed by atoms with Crippen molar-refractivity contribution in [2.45, 2.75) is 20.8 Å². The number of hydrogen-bond acceptors (Lipinski definition) is 3. The second-order valence-electron chi connectivity index (χ2n) is 4.63. The third-order valence-electron chi connectivity index (χ3n) is 3.18. The number of esters is 1. The van der Waals surface area contributed by atoms with E-state index in [4.69, 9.17) is 39.5 Å². The summed E-state index contributed by atoms with van der Waals surface area (Å²) in [7, 11) is 0. The number of pyridine rings is 1. The van der Waals surface area contributed by atoms with Gasteiger partial charge in [0, 0.05) is 6.20 Å². The van der Waals surface area contributed by atoms with Gasteiger partial charge in [0.25, 0.3) is 0 Å². The van der Waals surface area contributed by atoms with Crippen LogP contribution in [0.25, 0.3) is 0 Å².